The number of benzene rings is 1. The highest BCUT2D eigenvalue weighted by molar-refractivity contribution is 14.0. The van der Waals surface area contributed by atoms with Gasteiger partial charge in [0, 0.05) is 45.3 Å². The van der Waals surface area contributed by atoms with Gasteiger partial charge in [-0.15, -0.1) is 24.0 Å². The smallest absolute Gasteiger partial charge is 0.234 e. The maximum atomic E-state index is 12.7. The molecule has 1 heterocycles. The molecule has 1 aliphatic heterocycles. The molecule has 1 aromatic rings. The maximum Gasteiger partial charge on any atom is 0.234 e. The number of rotatable bonds is 8. The fourth-order valence-electron chi connectivity index (χ4n) is 3.55. The highest BCUT2D eigenvalue weighted by Crippen LogP contribution is 2.18. The van der Waals surface area contributed by atoms with Crippen molar-refractivity contribution in [3.63, 3.8) is 0 Å². The van der Waals surface area contributed by atoms with Gasteiger partial charge in [0.25, 0.3) is 0 Å². The molecule has 1 saturated carbocycles. The first kappa shape index (κ1) is 25.9. The monoisotopic (exact) mass is 563 g/mol. The maximum absolute atomic E-state index is 12.7. The van der Waals surface area contributed by atoms with Crippen LogP contribution >= 0.6 is 24.0 Å². The van der Waals surface area contributed by atoms with Crippen LogP contribution in [0.2, 0.25) is 0 Å². The van der Waals surface area contributed by atoms with Crippen molar-refractivity contribution in [2.24, 2.45) is 4.99 Å². The first-order valence-corrected chi connectivity index (χ1v) is 12.3. The van der Waals surface area contributed by atoms with Gasteiger partial charge in [0.1, 0.15) is 0 Å². The molecule has 174 valence electrons. The molecule has 8 nitrogen and oxygen atoms in total. The highest BCUT2D eigenvalue weighted by Gasteiger charge is 2.27. The third-order valence-corrected chi connectivity index (χ3v) is 7.37. The zero-order valence-corrected chi connectivity index (χ0v) is 21.4. The Balaban J connectivity index is 0.00000341. The van der Waals surface area contributed by atoms with Crippen LogP contribution < -0.4 is 10.6 Å². The van der Waals surface area contributed by atoms with Crippen LogP contribution in [0.4, 0.5) is 0 Å². The number of sulfone groups is 1. The van der Waals surface area contributed by atoms with E-state index in [0.29, 0.717) is 29.9 Å². The summed E-state index contributed by atoms with van der Waals surface area (Å²) >= 11 is 0. The zero-order chi connectivity index (χ0) is 21.6. The van der Waals surface area contributed by atoms with Gasteiger partial charge in [-0.05, 0) is 31.4 Å². The van der Waals surface area contributed by atoms with Crippen LogP contribution in [0.3, 0.4) is 0 Å². The molecule has 3 rings (SSSR count). The summed E-state index contributed by atoms with van der Waals surface area (Å²) < 4.78 is 25.5. The van der Waals surface area contributed by atoms with Crippen LogP contribution in [0, 0.1) is 0 Å². The lowest BCUT2D eigenvalue weighted by molar-refractivity contribution is -0.122. The topological polar surface area (TPSA) is 94.1 Å². The van der Waals surface area contributed by atoms with Crippen LogP contribution in [-0.4, -0.2) is 87.7 Å². The molecule has 1 unspecified atom stereocenters. The molecule has 0 spiro atoms. The molecule has 1 saturated heterocycles. The Morgan fingerprint density at radius 2 is 1.81 bits per heavy atom. The van der Waals surface area contributed by atoms with Crippen LogP contribution in [0.15, 0.2) is 40.2 Å². The van der Waals surface area contributed by atoms with E-state index in [2.05, 4.69) is 25.4 Å². The molecule has 0 aromatic heterocycles. The van der Waals surface area contributed by atoms with Crippen molar-refractivity contribution in [1.29, 1.82) is 0 Å². The molecule has 1 aromatic carbocycles. The van der Waals surface area contributed by atoms with E-state index in [-0.39, 0.29) is 41.7 Å². The van der Waals surface area contributed by atoms with E-state index < -0.39 is 9.84 Å². The lowest BCUT2D eigenvalue weighted by atomic mass is 10.2. The Morgan fingerprint density at radius 3 is 2.35 bits per heavy atom. The summed E-state index contributed by atoms with van der Waals surface area (Å²) in [6.45, 7) is 5.46. The summed E-state index contributed by atoms with van der Waals surface area (Å²) in [5.41, 5.74) is 0. The van der Waals surface area contributed by atoms with Crippen LogP contribution in [-0.2, 0) is 14.6 Å². The first-order chi connectivity index (χ1) is 14.4. The van der Waals surface area contributed by atoms with Gasteiger partial charge >= 0.3 is 0 Å². The molecule has 1 aliphatic carbocycles. The lowest BCUT2D eigenvalue weighted by Crippen LogP contribution is -2.56. The van der Waals surface area contributed by atoms with Gasteiger partial charge in [-0.1, -0.05) is 25.1 Å². The van der Waals surface area contributed by atoms with Gasteiger partial charge in [-0.2, -0.15) is 0 Å². The lowest BCUT2D eigenvalue weighted by Gasteiger charge is -2.37. The quantitative estimate of drug-likeness (QED) is 0.282. The number of nitrogens with zero attached hydrogens (tertiary/aromatic N) is 3. The van der Waals surface area contributed by atoms with Gasteiger partial charge in [0.05, 0.1) is 17.2 Å². The molecular weight excluding hydrogens is 529 g/mol. The molecule has 1 amide bonds. The van der Waals surface area contributed by atoms with Crippen LogP contribution in [0.25, 0.3) is 0 Å². The Kier molecular flexibility index (Phi) is 10.0. The van der Waals surface area contributed by atoms with Gasteiger partial charge in [-0.25, -0.2) is 8.42 Å². The number of carbonyl (C=O) groups excluding carboxylic acids is 1. The SMILES string of the molecule is CCC(CS(=O)(=O)c1ccccc1)NC(=NC)N1CCN(CC(=O)NC2CC2)CC1.I. The number of nitrogens with one attached hydrogen (secondary N) is 2. The van der Waals surface area contributed by atoms with E-state index in [0.717, 1.165) is 39.0 Å². The number of amides is 1. The van der Waals surface area contributed by atoms with Crippen molar-refractivity contribution in [3.8, 4) is 0 Å². The molecule has 2 N–H and O–H groups in total. The summed E-state index contributed by atoms with van der Waals surface area (Å²) in [6.07, 6.45) is 2.87. The highest BCUT2D eigenvalue weighted by atomic mass is 127. The minimum atomic E-state index is -3.37. The Hall–Kier alpha value is -1.40. The third-order valence-electron chi connectivity index (χ3n) is 5.54. The largest absolute Gasteiger partial charge is 0.352 e. The van der Waals surface area contributed by atoms with Crippen LogP contribution in [0.1, 0.15) is 26.2 Å². The Bertz CT molecular complexity index is 838. The van der Waals surface area contributed by atoms with E-state index in [9.17, 15) is 13.2 Å². The van der Waals surface area contributed by atoms with E-state index >= 15 is 0 Å². The number of aliphatic imine (C=N–C) groups is 1. The minimum absolute atomic E-state index is 0. The normalized spacial score (nSPS) is 18.8. The zero-order valence-electron chi connectivity index (χ0n) is 18.3. The fourth-order valence-corrected chi connectivity index (χ4v) is 5.17. The van der Waals surface area contributed by atoms with Gasteiger partial charge < -0.3 is 15.5 Å². The second-order valence-corrected chi connectivity index (χ2v) is 10.0. The average Bonchev–Trinajstić information content (AvgIpc) is 3.56. The van der Waals surface area contributed by atoms with Gasteiger partial charge in [0.15, 0.2) is 15.8 Å². The van der Waals surface area contributed by atoms with Crippen molar-refractivity contribution >= 4 is 45.7 Å². The molecule has 31 heavy (non-hydrogen) atoms. The molecule has 10 heteroatoms. The standard InChI is InChI=1S/C21H33N5O3S.HI/c1-3-17(16-30(28,29)19-7-5-4-6-8-19)24-21(22-2)26-13-11-25(12-14-26)15-20(27)23-18-9-10-18;/h4-8,17-18H,3,9-16H2,1-2H3,(H,22,24)(H,23,27);1H. The predicted octanol–water partition coefficient (Wildman–Crippen LogP) is 1.33. The number of hydrogen-bond donors (Lipinski definition) is 2. The second kappa shape index (κ2) is 12.0. The van der Waals surface area contributed by atoms with Crippen molar-refractivity contribution in [1.82, 2.24) is 20.4 Å². The van der Waals surface area contributed by atoms with Gasteiger partial charge in [0.2, 0.25) is 5.91 Å². The van der Waals surface area contributed by atoms with Crippen molar-refractivity contribution in [2.75, 3.05) is 45.5 Å². The second-order valence-electron chi connectivity index (χ2n) is 8.00. The summed E-state index contributed by atoms with van der Waals surface area (Å²) in [5, 5.41) is 6.37. The van der Waals surface area contributed by atoms with E-state index in [1.165, 1.54) is 0 Å². The minimum Gasteiger partial charge on any atom is -0.352 e. The Morgan fingerprint density at radius 1 is 1.16 bits per heavy atom. The third kappa shape index (κ3) is 7.90. The molecule has 0 bridgehead atoms. The summed E-state index contributed by atoms with van der Waals surface area (Å²) in [5.74, 6) is 0.839. The van der Waals surface area contributed by atoms with E-state index in [1.54, 1.807) is 31.3 Å². The number of carbonyl (C=O) groups is 1. The molecular formula is C21H34IN5O3S. The predicted molar refractivity (Wildman–Crippen MR) is 134 cm³/mol. The van der Waals surface area contributed by atoms with Gasteiger partial charge in [-0.3, -0.25) is 14.7 Å². The molecule has 1 atom stereocenters. The number of hydrogen-bond acceptors (Lipinski definition) is 5. The molecule has 2 fully saturated rings. The van der Waals surface area contributed by atoms with Crippen molar-refractivity contribution in [3.05, 3.63) is 30.3 Å². The van der Waals surface area contributed by atoms with Crippen LogP contribution in [0.5, 0.6) is 0 Å². The van der Waals surface area contributed by atoms with E-state index in [4.69, 9.17) is 0 Å². The average molecular weight is 564 g/mol. The summed E-state index contributed by atoms with van der Waals surface area (Å²) in [7, 11) is -1.65. The first-order valence-electron chi connectivity index (χ1n) is 10.7. The summed E-state index contributed by atoms with van der Waals surface area (Å²) in [4.78, 5) is 21.0. The van der Waals surface area contributed by atoms with Crippen molar-refractivity contribution < 1.29 is 13.2 Å². The fraction of sp³-hybridized carbons (Fsp3) is 0.619. The van der Waals surface area contributed by atoms with Crippen molar-refractivity contribution in [2.45, 2.75) is 43.2 Å². The molecule has 2 aliphatic rings. The summed E-state index contributed by atoms with van der Waals surface area (Å²) in [6, 6.07) is 8.72. The number of piperazine rings is 1. The number of guanidine groups is 1. The Labute approximate surface area is 202 Å². The van der Waals surface area contributed by atoms with E-state index in [1.807, 2.05) is 13.0 Å². The number of halogens is 1. The molecule has 0 radical (unpaired) electrons.